The zero-order chi connectivity index (χ0) is 17.5. The molecule has 140 valence electrons. The quantitative estimate of drug-likeness (QED) is 0.249. The van der Waals surface area contributed by atoms with E-state index in [1.807, 2.05) is 0 Å². The van der Waals surface area contributed by atoms with E-state index in [0.29, 0.717) is 0 Å². The lowest BCUT2D eigenvalue weighted by Gasteiger charge is -2.26. The van der Waals surface area contributed by atoms with Crippen molar-refractivity contribution in [2.24, 2.45) is 23.7 Å². The molecule has 0 aliphatic heterocycles. The van der Waals surface area contributed by atoms with Crippen LogP contribution in [0.5, 0.6) is 0 Å². The third-order valence-corrected chi connectivity index (χ3v) is 5.66. The van der Waals surface area contributed by atoms with Crippen molar-refractivity contribution in [2.75, 3.05) is 0 Å². The van der Waals surface area contributed by atoms with Crippen LogP contribution >= 0.6 is 0 Å². The summed E-state index contributed by atoms with van der Waals surface area (Å²) < 4.78 is 0. The van der Waals surface area contributed by atoms with Gasteiger partial charge in [0, 0.05) is 0 Å². The van der Waals surface area contributed by atoms with Crippen LogP contribution in [0, 0.1) is 23.7 Å². The Morgan fingerprint density at radius 2 is 1.13 bits per heavy atom. The molecule has 0 rings (SSSR count). The average Bonchev–Trinajstić information content (AvgIpc) is 2.48. The summed E-state index contributed by atoms with van der Waals surface area (Å²) in [4.78, 5) is 0. The Morgan fingerprint density at radius 3 is 1.61 bits per heavy atom. The molecule has 0 aromatic rings. The summed E-state index contributed by atoms with van der Waals surface area (Å²) in [5.74, 6) is 3.65. The van der Waals surface area contributed by atoms with Crippen molar-refractivity contribution in [3.63, 3.8) is 0 Å². The number of hydrogen-bond donors (Lipinski definition) is 0. The van der Waals surface area contributed by atoms with Gasteiger partial charge in [-0.15, -0.1) is 0 Å². The monoisotopic (exact) mass is 324 g/mol. The van der Waals surface area contributed by atoms with E-state index >= 15 is 0 Å². The van der Waals surface area contributed by atoms with Crippen molar-refractivity contribution >= 4 is 0 Å². The molecule has 0 aliphatic carbocycles. The van der Waals surface area contributed by atoms with Gasteiger partial charge in [0.1, 0.15) is 0 Å². The minimum absolute atomic E-state index is 0.856. The van der Waals surface area contributed by atoms with E-state index < -0.39 is 0 Å². The highest BCUT2D eigenvalue weighted by atomic mass is 14.2. The first-order chi connectivity index (χ1) is 11.0. The third-order valence-electron chi connectivity index (χ3n) is 5.66. The van der Waals surface area contributed by atoms with E-state index in [1.54, 1.807) is 0 Å². The second kappa shape index (κ2) is 15.5. The van der Waals surface area contributed by atoms with E-state index in [4.69, 9.17) is 0 Å². The van der Waals surface area contributed by atoms with E-state index in [1.165, 1.54) is 83.5 Å². The molecule has 0 aliphatic rings. The molecule has 0 heteroatoms. The van der Waals surface area contributed by atoms with Gasteiger partial charge in [0.2, 0.25) is 0 Å². The Hall–Kier alpha value is 0. The summed E-state index contributed by atoms with van der Waals surface area (Å²) in [5.41, 5.74) is 0. The summed E-state index contributed by atoms with van der Waals surface area (Å²) >= 11 is 0. The SMILES string of the molecule is CCCCCCCCCCCC(CC)C(C)CC(C)CC(C)C. The molecule has 0 N–H and O–H groups in total. The smallest absolute Gasteiger partial charge is 0.0391 e. The molecule has 0 fully saturated rings. The van der Waals surface area contributed by atoms with Gasteiger partial charge in [-0.05, 0) is 36.5 Å². The standard InChI is InChI=1S/C23H48/c1-7-9-10-11-12-13-14-15-16-17-23(8-2)22(6)19-21(5)18-20(3)4/h20-23H,7-19H2,1-6H3. The lowest BCUT2D eigenvalue weighted by molar-refractivity contribution is 0.251. The number of unbranched alkanes of at least 4 members (excludes halogenated alkanes) is 8. The van der Waals surface area contributed by atoms with Gasteiger partial charge >= 0.3 is 0 Å². The van der Waals surface area contributed by atoms with Gasteiger partial charge < -0.3 is 0 Å². The van der Waals surface area contributed by atoms with Gasteiger partial charge in [-0.3, -0.25) is 0 Å². The van der Waals surface area contributed by atoms with Crippen LogP contribution in [0.25, 0.3) is 0 Å². The fourth-order valence-electron chi connectivity index (χ4n) is 4.34. The van der Waals surface area contributed by atoms with Crippen LogP contribution in [-0.4, -0.2) is 0 Å². The van der Waals surface area contributed by atoms with Crippen molar-refractivity contribution in [3.8, 4) is 0 Å². The molecule has 0 saturated carbocycles. The summed E-state index contributed by atoms with van der Waals surface area (Å²) in [7, 11) is 0. The lowest BCUT2D eigenvalue weighted by atomic mass is 9.80. The molecule has 0 amide bonds. The fraction of sp³-hybridized carbons (Fsp3) is 1.00. The average molecular weight is 325 g/mol. The Balaban J connectivity index is 3.68. The molecule has 0 saturated heterocycles. The van der Waals surface area contributed by atoms with Crippen LogP contribution in [0.3, 0.4) is 0 Å². The van der Waals surface area contributed by atoms with Gasteiger partial charge in [-0.1, -0.05) is 112 Å². The molecular formula is C23H48. The Bertz CT molecular complexity index is 230. The predicted octanol–water partition coefficient (Wildman–Crippen LogP) is 8.64. The van der Waals surface area contributed by atoms with Crippen molar-refractivity contribution < 1.29 is 0 Å². The fourth-order valence-corrected chi connectivity index (χ4v) is 4.34. The minimum Gasteiger partial charge on any atom is -0.0654 e. The van der Waals surface area contributed by atoms with E-state index in [0.717, 1.165) is 23.7 Å². The van der Waals surface area contributed by atoms with Gasteiger partial charge in [-0.2, -0.15) is 0 Å². The third kappa shape index (κ3) is 14.1. The van der Waals surface area contributed by atoms with Crippen LogP contribution in [-0.2, 0) is 0 Å². The van der Waals surface area contributed by atoms with E-state index in [2.05, 4.69) is 41.5 Å². The van der Waals surface area contributed by atoms with Crippen LogP contribution in [0.4, 0.5) is 0 Å². The molecule has 0 aromatic heterocycles. The molecule has 0 spiro atoms. The molecule has 23 heavy (non-hydrogen) atoms. The van der Waals surface area contributed by atoms with E-state index in [9.17, 15) is 0 Å². The summed E-state index contributed by atoms with van der Waals surface area (Å²) in [6.07, 6.45) is 18.8. The summed E-state index contributed by atoms with van der Waals surface area (Å²) in [5, 5.41) is 0. The first-order valence-electron chi connectivity index (χ1n) is 11.0. The molecule has 0 nitrogen and oxygen atoms in total. The second-order valence-corrected chi connectivity index (χ2v) is 8.73. The molecule has 3 unspecified atom stereocenters. The topological polar surface area (TPSA) is 0 Å². The van der Waals surface area contributed by atoms with Crippen LogP contribution in [0.1, 0.15) is 125 Å². The van der Waals surface area contributed by atoms with Crippen molar-refractivity contribution in [2.45, 2.75) is 125 Å². The highest BCUT2D eigenvalue weighted by Crippen LogP contribution is 2.29. The number of rotatable bonds is 16. The Labute approximate surface area is 149 Å². The normalized spacial score (nSPS) is 15.8. The largest absolute Gasteiger partial charge is 0.0654 e. The highest BCUT2D eigenvalue weighted by molar-refractivity contribution is 4.69. The minimum atomic E-state index is 0.856. The highest BCUT2D eigenvalue weighted by Gasteiger charge is 2.18. The molecule has 3 atom stereocenters. The van der Waals surface area contributed by atoms with Gasteiger partial charge in [0.05, 0.1) is 0 Å². The van der Waals surface area contributed by atoms with Crippen LogP contribution < -0.4 is 0 Å². The first kappa shape index (κ1) is 23.0. The van der Waals surface area contributed by atoms with Gasteiger partial charge in [0.15, 0.2) is 0 Å². The maximum Gasteiger partial charge on any atom is -0.0391 e. The van der Waals surface area contributed by atoms with Crippen molar-refractivity contribution in [3.05, 3.63) is 0 Å². The maximum absolute atomic E-state index is 2.51. The van der Waals surface area contributed by atoms with Gasteiger partial charge in [0.25, 0.3) is 0 Å². The molecule has 0 heterocycles. The number of hydrogen-bond acceptors (Lipinski definition) is 0. The molecule has 0 aromatic carbocycles. The second-order valence-electron chi connectivity index (χ2n) is 8.73. The maximum atomic E-state index is 2.51. The van der Waals surface area contributed by atoms with E-state index in [-0.39, 0.29) is 0 Å². The Morgan fingerprint density at radius 1 is 0.609 bits per heavy atom. The van der Waals surface area contributed by atoms with Crippen LogP contribution in [0.2, 0.25) is 0 Å². The zero-order valence-electron chi connectivity index (χ0n) is 17.5. The molecular weight excluding hydrogens is 276 g/mol. The summed E-state index contributed by atoms with van der Waals surface area (Å²) in [6.45, 7) is 14.4. The summed E-state index contributed by atoms with van der Waals surface area (Å²) in [6, 6.07) is 0. The first-order valence-corrected chi connectivity index (χ1v) is 11.0. The van der Waals surface area contributed by atoms with Crippen molar-refractivity contribution in [1.82, 2.24) is 0 Å². The van der Waals surface area contributed by atoms with Crippen LogP contribution in [0.15, 0.2) is 0 Å². The van der Waals surface area contributed by atoms with Crippen molar-refractivity contribution in [1.29, 1.82) is 0 Å². The lowest BCUT2D eigenvalue weighted by Crippen LogP contribution is -2.15. The predicted molar refractivity (Wildman–Crippen MR) is 108 cm³/mol. The Kier molecular flexibility index (Phi) is 15.5. The zero-order valence-corrected chi connectivity index (χ0v) is 17.5. The van der Waals surface area contributed by atoms with Gasteiger partial charge in [-0.25, -0.2) is 0 Å². The molecule has 0 bridgehead atoms. The molecule has 0 radical (unpaired) electrons.